The number of methoxy groups -OCH3 is 1. The minimum atomic E-state index is -3.74. The Morgan fingerprint density at radius 2 is 1.67 bits per heavy atom. The first-order valence-corrected chi connectivity index (χ1v) is 11.4. The SMILES string of the molecule is CC[C@@H](C(=O)Nc1cc(C(=O)OC)ccc1C)N(c1cc(C)cc(C)c1)S(C)(=O)=O. The minimum absolute atomic E-state index is 0.266. The summed E-state index contributed by atoms with van der Waals surface area (Å²) in [5.41, 5.74) is 3.70. The van der Waals surface area contributed by atoms with Gasteiger partial charge in [-0.25, -0.2) is 13.2 Å². The lowest BCUT2D eigenvalue weighted by molar-refractivity contribution is -0.117. The maximum Gasteiger partial charge on any atom is 0.337 e. The second-order valence-electron chi connectivity index (χ2n) is 7.34. The standard InChI is InChI=1S/C22H28N2O5S/c1-7-20(24(30(6,27)28)18-11-14(2)10-15(3)12-18)21(25)23-19-13-17(22(26)29-5)9-8-16(19)4/h8-13,20H,7H2,1-6H3,(H,23,25)/t20-/m0/s1. The number of carbonyl (C=O) groups is 2. The van der Waals surface area contributed by atoms with E-state index < -0.39 is 27.9 Å². The normalized spacial score (nSPS) is 12.2. The van der Waals surface area contributed by atoms with Gasteiger partial charge in [-0.15, -0.1) is 0 Å². The first-order chi connectivity index (χ1) is 14.0. The highest BCUT2D eigenvalue weighted by Crippen LogP contribution is 2.26. The molecule has 0 aromatic heterocycles. The third kappa shape index (κ3) is 5.38. The molecule has 0 aliphatic carbocycles. The molecule has 1 N–H and O–H groups in total. The second-order valence-corrected chi connectivity index (χ2v) is 9.20. The van der Waals surface area contributed by atoms with Crippen LogP contribution in [-0.2, 0) is 19.6 Å². The quantitative estimate of drug-likeness (QED) is 0.675. The summed E-state index contributed by atoms with van der Waals surface area (Å²) < 4.78 is 31.2. The fourth-order valence-corrected chi connectivity index (χ4v) is 4.55. The van der Waals surface area contributed by atoms with Crippen molar-refractivity contribution in [2.45, 2.75) is 40.2 Å². The summed E-state index contributed by atoms with van der Waals surface area (Å²) in [5.74, 6) is -1.00. The van der Waals surface area contributed by atoms with Gasteiger partial charge in [-0.2, -0.15) is 0 Å². The number of ether oxygens (including phenoxy) is 1. The Hall–Kier alpha value is -2.87. The molecule has 0 aliphatic heterocycles. The van der Waals surface area contributed by atoms with Gasteiger partial charge in [0.2, 0.25) is 15.9 Å². The maximum absolute atomic E-state index is 13.1. The number of aryl methyl sites for hydroxylation is 3. The number of hydrogen-bond acceptors (Lipinski definition) is 5. The zero-order valence-electron chi connectivity index (χ0n) is 18.1. The monoisotopic (exact) mass is 432 g/mol. The summed E-state index contributed by atoms with van der Waals surface area (Å²) in [6, 6.07) is 9.29. The van der Waals surface area contributed by atoms with Crippen molar-refractivity contribution in [3.05, 3.63) is 58.7 Å². The van der Waals surface area contributed by atoms with Crippen LogP contribution in [0.3, 0.4) is 0 Å². The van der Waals surface area contributed by atoms with Crippen LogP contribution in [0.1, 0.15) is 40.4 Å². The van der Waals surface area contributed by atoms with Gasteiger partial charge in [-0.1, -0.05) is 19.1 Å². The molecule has 0 saturated heterocycles. The average molecular weight is 433 g/mol. The molecular formula is C22H28N2O5S. The van der Waals surface area contributed by atoms with Crippen LogP contribution in [0, 0.1) is 20.8 Å². The zero-order chi connectivity index (χ0) is 22.6. The molecule has 0 saturated carbocycles. The Balaban J connectivity index is 2.45. The zero-order valence-corrected chi connectivity index (χ0v) is 19.0. The van der Waals surface area contributed by atoms with Gasteiger partial charge in [-0.05, 0) is 68.1 Å². The Bertz CT molecular complexity index is 1040. The molecule has 0 bridgehead atoms. The number of amides is 1. The Morgan fingerprint density at radius 1 is 1.07 bits per heavy atom. The van der Waals surface area contributed by atoms with E-state index in [1.165, 1.54) is 13.2 Å². The molecule has 0 fully saturated rings. The largest absolute Gasteiger partial charge is 0.465 e. The molecule has 0 heterocycles. The van der Waals surface area contributed by atoms with Crippen molar-refractivity contribution in [3.63, 3.8) is 0 Å². The third-order valence-electron chi connectivity index (χ3n) is 4.71. The van der Waals surface area contributed by atoms with Crippen LogP contribution in [0.2, 0.25) is 0 Å². The number of hydrogen-bond donors (Lipinski definition) is 1. The lowest BCUT2D eigenvalue weighted by Crippen LogP contribution is -2.47. The molecule has 7 nitrogen and oxygen atoms in total. The Morgan fingerprint density at radius 3 is 2.17 bits per heavy atom. The van der Waals surface area contributed by atoms with Crippen LogP contribution in [-0.4, -0.2) is 39.7 Å². The molecule has 2 aromatic carbocycles. The molecule has 2 aromatic rings. The van der Waals surface area contributed by atoms with Crippen LogP contribution in [0.25, 0.3) is 0 Å². The van der Waals surface area contributed by atoms with E-state index in [1.54, 1.807) is 38.1 Å². The molecule has 30 heavy (non-hydrogen) atoms. The van der Waals surface area contributed by atoms with Gasteiger partial charge in [0, 0.05) is 5.69 Å². The lowest BCUT2D eigenvalue weighted by atomic mass is 10.1. The molecule has 8 heteroatoms. The number of nitrogens with zero attached hydrogens (tertiary/aromatic N) is 1. The summed E-state index contributed by atoms with van der Waals surface area (Å²) in [6.07, 6.45) is 1.35. The van der Waals surface area contributed by atoms with Crippen molar-refractivity contribution >= 4 is 33.3 Å². The van der Waals surface area contributed by atoms with E-state index in [-0.39, 0.29) is 6.42 Å². The number of benzene rings is 2. The van der Waals surface area contributed by atoms with Crippen LogP contribution < -0.4 is 9.62 Å². The highest BCUT2D eigenvalue weighted by molar-refractivity contribution is 7.92. The van der Waals surface area contributed by atoms with E-state index >= 15 is 0 Å². The molecule has 1 atom stereocenters. The molecule has 0 radical (unpaired) electrons. The second kappa shape index (κ2) is 9.30. The van der Waals surface area contributed by atoms with Crippen molar-refractivity contribution in [3.8, 4) is 0 Å². The smallest absolute Gasteiger partial charge is 0.337 e. The van der Waals surface area contributed by atoms with Crippen LogP contribution in [0.5, 0.6) is 0 Å². The van der Waals surface area contributed by atoms with E-state index in [0.717, 1.165) is 27.3 Å². The molecule has 0 spiro atoms. The average Bonchev–Trinajstić information content (AvgIpc) is 2.64. The fraction of sp³-hybridized carbons (Fsp3) is 0.364. The highest BCUT2D eigenvalue weighted by atomic mass is 32.2. The van der Waals surface area contributed by atoms with Gasteiger partial charge in [0.1, 0.15) is 6.04 Å². The Labute approximate surface area is 178 Å². The summed E-state index contributed by atoms with van der Waals surface area (Å²) in [5, 5.41) is 2.78. The van der Waals surface area contributed by atoms with Gasteiger partial charge < -0.3 is 10.1 Å². The molecule has 1 amide bonds. The highest BCUT2D eigenvalue weighted by Gasteiger charge is 2.32. The van der Waals surface area contributed by atoms with Crippen LogP contribution in [0.15, 0.2) is 36.4 Å². The van der Waals surface area contributed by atoms with Crippen molar-refractivity contribution in [2.75, 3.05) is 23.0 Å². The van der Waals surface area contributed by atoms with E-state index in [4.69, 9.17) is 4.74 Å². The van der Waals surface area contributed by atoms with E-state index in [2.05, 4.69) is 5.32 Å². The van der Waals surface area contributed by atoms with Crippen molar-refractivity contribution in [1.29, 1.82) is 0 Å². The molecular weight excluding hydrogens is 404 g/mol. The maximum atomic E-state index is 13.1. The predicted molar refractivity (Wildman–Crippen MR) is 118 cm³/mol. The van der Waals surface area contributed by atoms with E-state index in [0.29, 0.717) is 16.9 Å². The van der Waals surface area contributed by atoms with Crippen molar-refractivity contribution in [2.24, 2.45) is 0 Å². The van der Waals surface area contributed by atoms with Crippen LogP contribution in [0.4, 0.5) is 11.4 Å². The van der Waals surface area contributed by atoms with Crippen molar-refractivity contribution < 1.29 is 22.7 Å². The number of carbonyl (C=O) groups excluding carboxylic acids is 2. The lowest BCUT2D eigenvalue weighted by Gasteiger charge is -2.30. The third-order valence-corrected chi connectivity index (χ3v) is 5.89. The van der Waals surface area contributed by atoms with Gasteiger partial charge in [-0.3, -0.25) is 9.10 Å². The number of esters is 1. The number of sulfonamides is 1. The number of rotatable bonds is 7. The van der Waals surface area contributed by atoms with Gasteiger partial charge in [0.15, 0.2) is 0 Å². The first-order valence-electron chi connectivity index (χ1n) is 9.55. The van der Waals surface area contributed by atoms with E-state index in [9.17, 15) is 18.0 Å². The Kier molecular flexibility index (Phi) is 7.25. The first kappa shape index (κ1) is 23.4. The predicted octanol–water partition coefficient (Wildman–Crippen LogP) is 3.58. The summed E-state index contributed by atoms with van der Waals surface area (Å²) in [6.45, 7) is 7.29. The summed E-state index contributed by atoms with van der Waals surface area (Å²) in [4.78, 5) is 25.0. The van der Waals surface area contributed by atoms with Crippen molar-refractivity contribution in [1.82, 2.24) is 0 Å². The van der Waals surface area contributed by atoms with Crippen LogP contribution >= 0.6 is 0 Å². The summed E-state index contributed by atoms with van der Waals surface area (Å²) >= 11 is 0. The van der Waals surface area contributed by atoms with Gasteiger partial charge in [0.25, 0.3) is 0 Å². The molecule has 162 valence electrons. The molecule has 0 aliphatic rings. The van der Waals surface area contributed by atoms with E-state index in [1.807, 2.05) is 19.9 Å². The minimum Gasteiger partial charge on any atom is -0.465 e. The number of anilines is 2. The summed E-state index contributed by atoms with van der Waals surface area (Å²) in [7, 11) is -2.46. The number of nitrogens with one attached hydrogen (secondary N) is 1. The van der Waals surface area contributed by atoms with Gasteiger partial charge >= 0.3 is 5.97 Å². The molecule has 0 unspecified atom stereocenters. The van der Waals surface area contributed by atoms with Gasteiger partial charge in [0.05, 0.1) is 24.6 Å². The molecule has 2 rings (SSSR count). The fourth-order valence-electron chi connectivity index (χ4n) is 3.36. The topological polar surface area (TPSA) is 92.8 Å².